The Morgan fingerprint density at radius 2 is 1.50 bits per heavy atom. The van der Waals surface area contributed by atoms with E-state index in [-0.39, 0.29) is 5.11 Å². The summed E-state index contributed by atoms with van der Waals surface area (Å²) < 4.78 is 53.4. The summed E-state index contributed by atoms with van der Waals surface area (Å²) in [6, 6.07) is 7.03. The number of hydrogen-bond donors (Lipinski definition) is 2. The molecule has 0 aromatic heterocycles. The molecule has 2 nitrogen and oxygen atoms in total. The quantitative estimate of drug-likeness (QED) is 0.321. The number of aryl methyl sites for hydroxylation is 1. The lowest BCUT2D eigenvalue weighted by molar-refractivity contribution is 0.452. The van der Waals surface area contributed by atoms with Gasteiger partial charge in [0.05, 0.1) is 4.47 Å². The zero-order chi connectivity index (χ0) is 16.4. The fourth-order valence-corrected chi connectivity index (χ4v) is 2.26. The molecule has 0 unspecified atom stereocenters. The van der Waals surface area contributed by atoms with Crippen LogP contribution in [-0.4, -0.2) is 5.11 Å². The fourth-order valence-electron chi connectivity index (χ4n) is 1.69. The van der Waals surface area contributed by atoms with Gasteiger partial charge >= 0.3 is 0 Å². The maximum atomic E-state index is 13.7. The third-order valence-corrected chi connectivity index (χ3v) is 3.74. The summed E-state index contributed by atoms with van der Waals surface area (Å²) in [6.45, 7) is 1.80. The van der Waals surface area contributed by atoms with Crippen LogP contribution in [0.3, 0.4) is 0 Å². The van der Waals surface area contributed by atoms with Crippen molar-refractivity contribution in [1.29, 1.82) is 0 Å². The van der Waals surface area contributed by atoms with Crippen molar-refractivity contribution in [3.8, 4) is 0 Å². The second kappa shape index (κ2) is 6.62. The first kappa shape index (κ1) is 16.7. The van der Waals surface area contributed by atoms with Crippen LogP contribution in [0, 0.1) is 30.2 Å². The summed E-state index contributed by atoms with van der Waals surface area (Å²) in [4.78, 5) is 0. The topological polar surface area (TPSA) is 24.1 Å². The molecular formula is C14H9BrF4N2S. The van der Waals surface area contributed by atoms with Gasteiger partial charge in [-0.1, -0.05) is 18.2 Å². The van der Waals surface area contributed by atoms with Gasteiger partial charge in [-0.3, -0.25) is 0 Å². The molecule has 0 heterocycles. The van der Waals surface area contributed by atoms with E-state index in [0.717, 1.165) is 5.56 Å². The van der Waals surface area contributed by atoms with Crippen LogP contribution >= 0.6 is 28.1 Å². The standard InChI is InChI=1S/C14H9BrF4N2S/c1-6-4-2-3-5-7(6)20-14(22)21-13-11(18)9(16)8(15)10(17)12(13)19/h2-5H,1H3,(H2,20,21,22). The number of anilines is 2. The molecular weight excluding hydrogens is 384 g/mol. The highest BCUT2D eigenvalue weighted by Gasteiger charge is 2.24. The Labute approximate surface area is 137 Å². The van der Waals surface area contributed by atoms with Gasteiger partial charge in [0, 0.05) is 5.69 Å². The molecule has 0 atom stereocenters. The van der Waals surface area contributed by atoms with Crippen molar-refractivity contribution in [2.45, 2.75) is 6.92 Å². The van der Waals surface area contributed by atoms with E-state index in [9.17, 15) is 17.6 Å². The van der Waals surface area contributed by atoms with E-state index < -0.39 is 33.4 Å². The SMILES string of the molecule is Cc1ccccc1NC(=S)Nc1c(F)c(F)c(Br)c(F)c1F. The molecule has 0 aliphatic rings. The van der Waals surface area contributed by atoms with E-state index in [1.54, 1.807) is 31.2 Å². The Bertz CT molecular complexity index is 723. The maximum Gasteiger partial charge on any atom is 0.186 e. The number of para-hydroxylation sites is 1. The highest BCUT2D eigenvalue weighted by Crippen LogP contribution is 2.31. The second-order valence-corrected chi connectivity index (χ2v) is 5.54. The molecule has 0 amide bonds. The zero-order valence-electron chi connectivity index (χ0n) is 11.1. The molecule has 0 fully saturated rings. The summed E-state index contributed by atoms with van der Waals surface area (Å²) in [7, 11) is 0. The molecule has 0 radical (unpaired) electrons. The highest BCUT2D eigenvalue weighted by molar-refractivity contribution is 9.10. The Morgan fingerprint density at radius 1 is 0.955 bits per heavy atom. The summed E-state index contributed by atoms with van der Waals surface area (Å²) in [6.07, 6.45) is 0. The van der Waals surface area contributed by atoms with E-state index >= 15 is 0 Å². The van der Waals surface area contributed by atoms with Crippen molar-refractivity contribution >= 4 is 44.6 Å². The minimum Gasteiger partial charge on any atom is -0.332 e. The van der Waals surface area contributed by atoms with Crippen molar-refractivity contribution in [1.82, 2.24) is 0 Å². The molecule has 2 aromatic rings. The largest absolute Gasteiger partial charge is 0.332 e. The van der Waals surface area contributed by atoms with E-state index in [1.807, 2.05) is 0 Å². The van der Waals surface area contributed by atoms with Gasteiger partial charge in [0.15, 0.2) is 28.4 Å². The molecule has 0 aliphatic heterocycles. The monoisotopic (exact) mass is 392 g/mol. The van der Waals surface area contributed by atoms with Crippen molar-refractivity contribution < 1.29 is 17.6 Å². The molecule has 8 heteroatoms. The van der Waals surface area contributed by atoms with E-state index in [4.69, 9.17) is 12.2 Å². The number of benzene rings is 2. The number of halogens is 5. The van der Waals surface area contributed by atoms with Gasteiger partial charge < -0.3 is 10.6 Å². The molecule has 2 aromatic carbocycles. The van der Waals surface area contributed by atoms with Crippen LogP contribution in [-0.2, 0) is 0 Å². The Kier molecular flexibility index (Phi) is 5.02. The lowest BCUT2D eigenvalue weighted by Gasteiger charge is -2.14. The van der Waals surface area contributed by atoms with Crippen molar-refractivity contribution in [3.63, 3.8) is 0 Å². The molecule has 0 saturated carbocycles. The first-order valence-electron chi connectivity index (χ1n) is 5.98. The van der Waals surface area contributed by atoms with Crippen molar-refractivity contribution in [3.05, 3.63) is 57.6 Å². The van der Waals surface area contributed by atoms with Gasteiger partial charge in [-0.15, -0.1) is 0 Å². The van der Waals surface area contributed by atoms with Crippen LogP contribution in [0.1, 0.15) is 5.56 Å². The van der Waals surface area contributed by atoms with Gasteiger partial charge in [-0.25, -0.2) is 17.6 Å². The summed E-state index contributed by atoms with van der Waals surface area (Å²) in [5, 5.41) is 4.63. The van der Waals surface area contributed by atoms with Crippen LogP contribution in [0.4, 0.5) is 28.9 Å². The fraction of sp³-hybridized carbons (Fsp3) is 0.0714. The Hall–Kier alpha value is -1.67. The molecule has 0 spiro atoms. The van der Waals surface area contributed by atoms with E-state index in [0.29, 0.717) is 5.69 Å². The highest BCUT2D eigenvalue weighted by atomic mass is 79.9. The van der Waals surface area contributed by atoms with E-state index in [1.165, 1.54) is 0 Å². The van der Waals surface area contributed by atoms with Crippen LogP contribution in [0.15, 0.2) is 28.7 Å². The Morgan fingerprint density at radius 3 is 2.05 bits per heavy atom. The lowest BCUT2D eigenvalue weighted by atomic mass is 10.2. The van der Waals surface area contributed by atoms with E-state index in [2.05, 4.69) is 26.6 Å². The predicted octanol–water partition coefficient (Wildman–Crippen LogP) is 5.12. The predicted molar refractivity (Wildman–Crippen MR) is 85.0 cm³/mol. The molecule has 2 rings (SSSR count). The first-order valence-corrected chi connectivity index (χ1v) is 7.18. The average molecular weight is 393 g/mol. The zero-order valence-corrected chi connectivity index (χ0v) is 13.5. The molecule has 0 bridgehead atoms. The molecule has 22 heavy (non-hydrogen) atoms. The molecule has 0 saturated heterocycles. The number of rotatable bonds is 2. The molecule has 0 aliphatic carbocycles. The minimum atomic E-state index is -1.57. The smallest absolute Gasteiger partial charge is 0.186 e. The van der Waals surface area contributed by atoms with Crippen LogP contribution in [0.25, 0.3) is 0 Å². The first-order chi connectivity index (χ1) is 10.3. The lowest BCUT2D eigenvalue weighted by Crippen LogP contribution is -2.22. The van der Waals surface area contributed by atoms with Gasteiger partial charge in [0.25, 0.3) is 0 Å². The normalized spacial score (nSPS) is 10.5. The number of nitrogens with one attached hydrogen (secondary N) is 2. The third kappa shape index (κ3) is 3.22. The van der Waals surface area contributed by atoms with Gasteiger partial charge in [-0.05, 0) is 46.7 Å². The average Bonchev–Trinajstić information content (AvgIpc) is 2.50. The van der Waals surface area contributed by atoms with Gasteiger partial charge in [0.2, 0.25) is 0 Å². The van der Waals surface area contributed by atoms with Crippen LogP contribution in [0.5, 0.6) is 0 Å². The summed E-state index contributed by atoms with van der Waals surface area (Å²) in [5.41, 5.74) is 0.434. The number of hydrogen-bond acceptors (Lipinski definition) is 1. The van der Waals surface area contributed by atoms with Gasteiger partial charge in [0.1, 0.15) is 5.69 Å². The second-order valence-electron chi connectivity index (χ2n) is 4.34. The summed E-state index contributed by atoms with van der Waals surface area (Å²) in [5.74, 6) is -6.22. The maximum absolute atomic E-state index is 13.7. The molecule has 116 valence electrons. The molecule has 2 N–H and O–H groups in total. The number of thiocarbonyl (C=S) groups is 1. The van der Waals surface area contributed by atoms with Gasteiger partial charge in [-0.2, -0.15) is 0 Å². The van der Waals surface area contributed by atoms with Crippen molar-refractivity contribution in [2.75, 3.05) is 10.6 Å². The summed E-state index contributed by atoms with van der Waals surface area (Å²) >= 11 is 7.34. The minimum absolute atomic E-state index is 0.201. The third-order valence-electron chi connectivity index (χ3n) is 2.84. The Balaban J connectivity index is 2.28. The van der Waals surface area contributed by atoms with Crippen LogP contribution in [0.2, 0.25) is 0 Å². The van der Waals surface area contributed by atoms with Crippen LogP contribution < -0.4 is 10.6 Å². The van der Waals surface area contributed by atoms with Crippen molar-refractivity contribution in [2.24, 2.45) is 0 Å².